The van der Waals surface area contributed by atoms with Gasteiger partial charge in [0.1, 0.15) is 18.2 Å². The molecule has 3 aromatic carbocycles. The molecule has 35 heavy (non-hydrogen) atoms. The molecular formula is C27H23N5O3. The Hall–Kier alpha value is -4.90. The topological polar surface area (TPSA) is 112 Å². The Bertz CT molecular complexity index is 1440. The summed E-state index contributed by atoms with van der Waals surface area (Å²) in [5.41, 5.74) is 6.06. The highest BCUT2D eigenvalue weighted by atomic mass is 16.5. The molecule has 0 bridgehead atoms. The Morgan fingerprint density at radius 3 is 2.57 bits per heavy atom. The summed E-state index contributed by atoms with van der Waals surface area (Å²) in [6.07, 6.45) is 1.56. The standard InChI is InChI=1S/C27H23N5O3/c1-18-8-10-19(11-9-18)17-35-23-13-12-20(14-24(23)34-2)16-29-32-27-30-25(21-6-4-3-5-7-21)22(15-28)26(33)31-27/h3-14,16H,17H2,1-2H3,(H2,30,31,32,33). The van der Waals surface area contributed by atoms with E-state index in [1.54, 1.807) is 31.5 Å². The number of nitrogens with zero attached hydrogens (tertiary/aromatic N) is 3. The molecule has 0 aliphatic carbocycles. The van der Waals surface area contributed by atoms with Crippen LogP contribution in [-0.4, -0.2) is 23.3 Å². The molecule has 0 unspecified atom stereocenters. The van der Waals surface area contributed by atoms with Crippen molar-refractivity contribution in [2.75, 3.05) is 12.5 Å². The first-order valence-electron chi connectivity index (χ1n) is 10.8. The quantitative estimate of drug-likeness (QED) is 0.289. The van der Waals surface area contributed by atoms with Crippen molar-refractivity contribution in [2.24, 2.45) is 5.10 Å². The van der Waals surface area contributed by atoms with Crippen LogP contribution < -0.4 is 20.5 Å². The van der Waals surface area contributed by atoms with Crippen LogP contribution >= 0.6 is 0 Å². The smallest absolute Gasteiger partial charge is 0.270 e. The minimum absolute atomic E-state index is 0.0586. The van der Waals surface area contributed by atoms with E-state index in [-0.39, 0.29) is 17.2 Å². The van der Waals surface area contributed by atoms with E-state index in [1.807, 2.05) is 67.6 Å². The van der Waals surface area contributed by atoms with Crippen LogP contribution in [-0.2, 0) is 6.61 Å². The van der Waals surface area contributed by atoms with Crippen LogP contribution in [0, 0.1) is 18.3 Å². The first-order chi connectivity index (χ1) is 17.1. The summed E-state index contributed by atoms with van der Waals surface area (Å²) >= 11 is 0. The lowest BCUT2D eigenvalue weighted by Crippen LogP contribution is -2.16. The van der Waals surface area contributed by atoms with Crippen LogP contribution in [0.1, 0.15) is 22.3 Å². The van der Waals surface area contributed by atoms with E-state index < -0.39 is 5.56 Å². The van der Waals surface area contributed by atoms with Gasteiger partial charge < -0.3 is 9.47 Å². The third kappa shape index (κ3) is 5.72. The van der Waals surface area contributed by atoms with Gasteiger partial charge in [0.15, 0.2) is 11.5 Å². The van der Waals surface area contributed by atoms with Crippen LogP contribution in [0.15, 0.2) is 82.7 Å². The lowest BCUT2D eigenvalue weighted by molar-refractivity contribution is 0.284. The molecule has 1 aromatic heterocycles. The fourth-order valence-electron chi connectivity index (χ4n) is 3.33. The van der Waals surface area contributed by atoms with Gasteiger partial charge in [0.25, 0.3) is 5.56 Å². The zero-order valence-corrected chi connectivity index (χ0v) is 19.3. The number of nitrogens with one attached hydrogen (secondary N) is 2. The van der Waals surface area contributed by atoms with E-state index in [1.165, 1.54) is 5.56 Å². The predicted molar refractivity (Wildman–Crippen MR) is 135 cm³/mol. The van der Waals surface area contributed by atoms with Crippen LogP contribution in [0.25, 0.3) is 11.3 Å². The number of hydrogen-bond donors (Lipinski definition) is 2. The molecule has 1 heterocycles. The fourth-order valence-corrected chi connectivity index (χ4v) is 3.33. The Morgan fingerprint density at radius 1 is 1.09 bits per heavy atom. The van der Waals surface area contributed by atoms with Gasteiger partial charge in [0.2, 0.25) is 5.95 Å². The highest BCUT2D eigenvalue weighted by molar-refractivity contribution is 5.81. The number of H-pyrrole nitrogens is 1. The molecule has 0 saturated carbocycles. The monoisotopic (exact) mass is 465 g/mol. The van der Waals surface area contributed by atoms with E-state index in [2.05, 4.69) is 20.5 Å². The molecule has 0 spiro atoms. The van der Waals surface area contributed by atoms with E-state index in [4.69, 9.17) is 9.47 Å². The first kappa shape index (κ1) is 23.3. The summed E-state index contributed by atoms with van der Waals surface area (Å²) in [6.45, 7) is 2.47. The Morgan fingerprint density at radius 2 is 1.86 bits per heavy atom. The second-order valence-electron chi connectivity index (χ2n) is 7.67. The Balaban J connectivity index is 1.48. The minimum atomic E-state index is -0.546. The second-order valence-corrected chi connectivity index (χ2v) is 7.67. The number of aryl methyl sites for hydroxylation is 1. The van der Waals surface area contributed by atoms with Crippen molar-refractivity contribution in [3.8, 4) is 28.8 Å². The molecule has 174 valence electrons. The molecule has 4 aromatic rings. The van der Waals surface area contributed by atoms with Crippen LogP contribution in [0.5, 0.6) is 11.5 Å². The highest BCUT2D eigenvalue weighted by Crippen LogP contribution is 2.28. The summed E-state index contributed by atoms with van der Waals surface area (Å²) in [4.78, 5) is 19.3. The number of benzene rings is 3. The number of hydrazone groups is 1. The second kappa shape index (κ2) is 10.8. The van der Waals surface area contributed by atoms with E-state index in [9.17, 15) is 10.1 Å². The first-order valence-corrected chi connectivity index (χ1v) is 10.8. The summed E-state index contributed by atoms with van der Waals surface area (Å²) in [6, 6.07) is 24.5. The van der Waals surface area contributed by atoms with Crippen molar-refractivity contribution in [3.05, 3.63) is 105 Å². The molecule has 0 aliphatic heterocycles. The number of ether oxygens (including phenoxy) is 2. The van der Waals surface area contributed by atoms with Gasteiger partial charge in [0.05, 0.1) is 19.0 Å². The zero-order chi connectivity index (χ0) is 24.6. The number of hydrogen-bond acceptors (Lipinski definition) is 7. The fraction of sp³-hybridized carbons (Fsp3) is 0.111. The number of aromatic amines is 1. The third-order valence-corrected chi connectivity index (χ3v) is 5.17. The van der Waals surface area contributed by atoms with Crippen molar-refractivity contribution >= 4 is 12.2 Å². The summed E-state index contributed by atoms with van der Waals surface area (Å²) in [5.74, 6) is 1.30. The lowest BCUT2D eigenvalue weighted by atomic mass is 10.1. The average Bonchev–Trinajstić information content (AvgIpc) is 2.89. The molecule has 2 N–H and O–H groups in total. The van der Waals surface area contributed by atoms with Crippen LogP contribution in [0.4, 0.5) is 5.95 Å². The van der Waals surface area contributed by atoms with Crippen molar-refractivity contribution in [3.63, 3.8) is 0 Å². The molecule has 4 rings (SSSR count). The summed E-state index contributed by atoms with van der Waals surface area (Å²) in [7, 11) is 1.57. The normalized spacial score (nSPS) is 10.7. The molecule has 0 radical (unpaired) electrons. The van der Waals surface area contributed by atoms with Gasteiger partial charge in [0, 0.05) is 5.56 Å². The van der Waals surface area contributed by atoms with Gasteiger partial charge in [-0.25, -0.2) is 10.4 Å². The van der Waals surface area contributed by atoms with Gasteiger partial charge in [-0.2, -0.15) is 10.4 Å². The average molecular weight is 466 g/mol. The Kier molecular flexibility index (Phi) is 7.19. The SMILES string of the molecule is COc1cc(C=NNc2nc(-c3ccccc3)c(C#N)c(=O)[nH]2)ccc1OCc1ccc(C)cc1. The maximum Gasteiger partial charge on any atom is 0.270 e. The summed E-state index contributed by atoms with van der Waals surface area (Å²) < 4.78 is 11.4. The van der Waals surface area contributed by atoms with Crippen molar-refractivity contribution < 1.29 is 9.47 Å². The molecule has 0 amide bonds. The molecule has 0 fully saturated rings. The van der Waals surface area contributed by atoms with Gasteiger partial charge in [-0.3, -0.25) is 9.78 Å². The van der Waals surface area contributed by atoms with Crippen LogP contribution in [0.2, 0.25) is 0 Å². The predicted octanol–water partition coefficient (Wildman–Crippen LogP) is 4.65. The zero-order valence-electron chi connectivity index (χ0n) is 19.3. The third-order valence-electron chi connectivity index (χ3n) is 5.17. The molecule has 8 heteroatoms. The number of aromatic nitrogens is 2. The lowest BCUT2D eigenvalue weighted by Gasteiger charge is -2.11. The maximum atomic E-state index is 12.4. The van der Waals surface area contributed by atoms with Crippen LogP contribution in [0.3, 0.4) is 0 Å². The van der Waals surface area contributed by atoms with Gasteiger partial charge >= 0.3 is 0 Å². The van der Waals surface area contributed by atoms with E-state index in [0.717, 1.165) is 11.1 Å². The van der Waals surface area contributed by atoms with Crippen molar-refractivity contribution in [1.82, 2.24) is 9.97 Å². The minimum Gasteiger partial charge on any atom is -0.493 e. The number of rotatable bonds is 8. The largest absolute Gasteiger partial charge is 0.493 e. The number of nitriles is 1. The van der Waals surface area contributed by atoms with E-state index >= 15 is 0 Å². The number of anilines is 1. The maximum absolute atomic E-state index is 12.4. The van der Waals surface area contributed by atoms with Gasteiger partial charge in [-0.05, 0) is 36.2 Å². The molecule has 0 aliphatic rings. The van der Waals surface area contributed by atoms with Gasteiger partial charge in [-0.1, -0.05) is 60.2 Å². The highest BCUT2D eigenvalue weighted by Gasteiger charge is 2.13. The van der Waals surface area contributed by atoms with Crippen molar-refractivity contribution in [2.45, 2.75) is 13.5 Å². The van der Waals surface area contributed by atoms with Gasteiger partial charge in [-0.15, -0.1) is 0 Å². The number of methoxy groups -OCH3 is 1. The molecule has 8 nitrogen and oxygen atoms in total. The Labute approximate surface area is 202 Å². The van der Waals surface area contributed by atoms with E-state index in [0.29, 0.717) is 23.7 Å². The molecule has 0 atom stereocenters. The summed E-state index contributed by atoms with van der Waals surface area (Å²) in [5, 5.41) is 13.5. The molecule has 0 saturated heterocycles. The molecular weight excluding hydrogens is 442 g/mol. The van der Waals surface area contributed by atoms with Crippen molar-refractivity contribution in [1.29, 1.82) is 5.26 Å².